The van der Waals surface area contributed by atoms with Gasteiger partial charge in [-0.3, -0.25) is 0 Å². The molecule has 0 spiro atoms. The molecule has 114 valence electrons. The van der Waals surface area contributed by atoms with Crippen LogP contribution in [0.3, 0.4) is 0 Å². The molecule has 2 rings (SSSR count). The monoisotopic (exact) mass is 298 g/mol. The van der Waals surface area contributed by atoms with Gasteiger partial charge in [0.25, 0.3) is 0 Å². The first-order valence-electron chi connectivity index (χ1n) is 6.81. The highest BCUT2D eigenvalue weighted by molar-refractivity contribution is 5.89. The topological polar surface area (TPSA) is 44.8 Å². The van der Waals surface area contributed by atoms with Crippen molar-refractivity contribution < 1.29 is 19.0 Å². The third-order valence-electron chi connectivity index (χ3n) is 3.08. The summed E-state index contributed by atoms with van der Waals surface area (Å²) in [6.07, 6.45) is 3.01. The molecule has 0 unspecified atom stereocenters. The van der Waals surface area contributed by atoms with Gasteiger partial charge in [0.2, 0.25) is 0 Å². The lowest BCUT2D eigenvalue weighted by Gasteiger charge is -2.07. The quantitative estimate of drug-likeness (QED) is 0.480. The van der Waals surface area contributed by atoms with Crippen molar-refractivity contribution in [3.63, 3.8) is 0 Å². The van der Waals surface area contributed by atoms with Crippen LogP contribution >= 0.6 is 0 Å². The zero-order chi connectivity index (χ0) is 15.9. The Balaban J connectivity index is 2.07. The molecule has 0 atom stereocenters. The maximum atomic E-state index is 11.8. The predicted molar refractivity (Wildman–Crippen MR) is 85.4 cm³/mol. The summed E-state index contributed by atoms with van der Waals surface area (Å²) in [5.74, 6) is 1.39. The Morgan fingerprint density at radius 1 is 0.955 bits per heavy atom. The van der Waals surface area contributed by atoms with E-state index in [4.69, 9.17) is 14.2 Å². The third-order valence-corrected chi connectivity index (χ3v) is 3.08. The van der Waals surface area contributed by atoms with E-state index in [2.05, 4.69) is 0 Å². The Hall–Kier alpha value is -2.75. The van der Waals surface area contributed by atoms with Crippen LogP contribution in [-0.4, -0.2) is 20.2 Å². The fraction of sp³-hybridized carbons (Fsp3) is 0.167. The van der Waals surface area contributed by atoms with Crippen LogP contribution in [0.5, 0.6) is 17.2 Å². The number of ether oxygens (including phenoxy) is 3. The van der Waals surface area contributed by atoms with Crippen molar-refractivity contribution in [2.24, 2.45) is 0 Å². The van der Waals surface area contributed by atoms with Crippen molar-refractivity contribution in [1.82, 2.24) is 0 Å². The van der Waals surface area contributed by atoms with Gasteiger partial charge in [0.1, 0.15) is 17.2 Å². The average molecular weight is 298 g/mol. The number of carbonyl (C=O) groups is 1. The predicted octanol–water partition coefficient (Wildman–Crippen LogP) is 3.63. The van der Waals surface area contributed by atoms with Gasteiger partial charge in [0.15, 0.2) is 0 Å². The van der Waals surface area contributed by atoms with Crippen molar-refractivity contribution in [1.29, 1.82) is 0 Å². The van der Waals surface area contributed by atoms with E-state index >= 15 is 0 Å². The maximum absolute atomic E-state index is 11.8. The summed E-state index contributed by atoms with van der Waals surface area (Å²) in [6.45, 7) is 1.97. The second-order valence-corrected chi connectivity index (χ2v) is 4.68. The lowest BCUT2D eigenvalue weighted by Crippen LogP contribution is -2.03. The van der Waals surface area contributed by atoms with E-state index in [1.807, 2.05) is 25.1 Å². The molecule has 0 radical (unpaired) electrons. The summed E-state index contributed by atoms with van der Waals surface area (Å²) in [4.78, 5) is 11.8. The van der Waals surface area contributed by atoms with Gasteiger partial charge in [-0.1, -0.05) is 17.7 Å². The van der Waals surface area contributed by atoms with Gasteiger partial charge in [0, 0.05) is 17.7 Å². The summed E-state index contributed by atoms with van der Waals surface area (Å²) < 4.78 is 15.6. The summed E-state index contributed by atoms with van der Waals surface area (Å²) in [6, 6.07) is 12.7. The summed E-state index contributed by atoms with van der Waals surface area (Å²) >= 11 is 0. The van der Waals surface area contributed by atoms with Crippen LogP contribution in [0, 0.1) is 6.92 Å². The molecule has 0 N–H and O–H groups in total. The van der Waals surface area contributed by atoms with Gasteiger partial charge in [0.05, 0.1) is 14.2 Å². The number of carbonyl (C=O) groups excluding carboxylic acids is 1. The lowest BCUT2D eigenvalue weighted by atomic mass is 10.1. The first kappa shape index (κ1) is 15.6. The molecule has 0 aromatic heterocycles. The van der Waals surface area contributed by atoms with Gasteiger partial charge in [-0.15, -0.1) is 0 Å². The van der Waals surface area contributed by atoms with E-state index in [0.29, 0.717) is 17.2 Å². The third kappa shape index (κ3) is 4.12. The molecule has 0 aliphatic heterocycles. The minimum absolute atomic E-state index is 0.443. The number of methoxy groups -OCH3 is 2. The van der Waals surface area contributed by atoms with E-state index in [1.165, 1.54) is 6.08 Å². The molecule has 22 heavy (non-hydrogen) atoms. The Labute approximate surface area is 129 Å². The summed E-state index contributed by atoms with van der Waals surface area (Å²) in [5.41, 5.74) is 1.88. The van der Waals surface area contributed by atoms with Crippen LogP contribution in [0.25, 0.3) is 6.08 Å². The van der Waals surface area contributed by atoms with Gasteiger partial charge < -0.3 is 14.2 Å². The van der Waals surface area contributed by atoms with Crippen molar-refractivity contribution in [2.45, 2.75) is 6.92 Å². The number of aryl methyl sites for hydroxylation is 1. The zero-order valence-electron chi connectivity index (χ0n) is 12.8. The number of hydrogen-bond acceptors (Lipinski definition) is 4. The van der Waals surface area contributed by atoms with Crippen molar-refractivity contribution in [2.75, 3.05) is 14.2 Å². The molecule has 0 bridgehead atoms. The standard InChI is InChI=1S/C18H18O4/c1-13-4-8-15(9-5-13)22-18(19)11-7-14-6-10-16(20-2)12-17(14)21-3/h4-12H,1-3H3. The van der Waals surface area contributed by atoms with Gasteiger partial charge in [-0.05, 0) is 37.3 Å². The second-order valence-electron chi connectivity index (χ2n) is 4.68. The first-order valence-corrected chi connectivity index (χ1v) is 6.81. The first-order chi connectivity index (χ1) is 10.6. The number of benzene rings is 2. The van der Waals surface area contributed by atoms with Crippen LogP contribution in [0.1, 0.15) is 11.1 Å². The minimum atomic E-state index is -0.443. The van der Waals surface area contributed by atoms with Crippen LogP contribution in [0.4, 0.5) is 0 Å². The molecular weight excluding hydrogens is 280 g/mol. The van der Waals surface area contributed by atoms with E-state index in [0.717, 1.165) is 11.1 Å². The molecule has 0 aliphatic rings. The Kier molecular flexibility index (Phi) is 5.20. The highest BCUT2D eigenvalue weighted by Gasteiger charge is 2.04. The maximum Gasteiger partial charge on any atom is 0.336 e. The van der Waals surface area contributed by atoms with E-state index < -0.39 is 5.97 Å². The SMILES string of the molecule is COc1ccc(C=CC(=O)Oc2ccc(C)cc2)c(OC)c1. The fourth-order valence-corrected chi connectivity index (χ4v) is 1.87. The normalized spacial score (nSPS) is 10.5. The van der Waals surface area contributed by atoms with Crippen molar-refractivity contribution in [3.05, 3.63) is 59.7 Å². The molecule has 4 heteroatoms. The Bertz CT molecular complexity index is 672. The minimum Gasteiger partial charge on any atom is -0.497 e. The highest BCUT2D eigenvalue weighted by Crippen LogP contribution is 2.25. The van der Waals surface area contributed by atoms with Crippen LogP contribution in [0.2, 0.25) is 0 Å². The van der Waals surface area contributed by atoms with Gasteiger partial charge in [-0.25, -0.2) is 4.79 Å². The Morgan fingerprint density at radius 3 is 2.27 bits per heavy atom. The smallest absolute Gasteiger partial charge is 0.336 e. The molecule has 4 nitrogen and oxygen atoms in total. The molecule has 0 amide bonds. The molecule has 2 aromatic rings. The number of hydrogen-bond donors (Lipinski definition) is 0. The molecule has 0 heterocycles. The summed E-state index contributed by atoms with van der Waals surface area (Å²) in [5, 5.41) is 0. The van der Waals surface area contributed by atoms with E-state index in [-0.39, 0.29) is 0 Å². The van der Waals surface area contributed by atoms with E-state index in [9.17, 15) is 4.79 Å². The van der Waals surface area contributed by atoms with E-state index in [1.54, 1.807) is 44.6 Å². The largest absolute Gasteiger partial charge is 0.497 e. The Morgan fingerprint density at radius 2 is 1.64 bits per heavy atom. The second kappa shape index (κ2) is 7.31. The average Bonchev–Trinajstić information content (AvgIpc) is 2.55. The number of rotatable bonds is 5. The molecule has 2 aromatic carbocycles. The highest BCUT2D eigenvalue weighted by atomic mass is 16.5. The molecule has 0 saturated heterocycles. The molecule has 0 aliphatic carbocycles. The van der Waals surface area contributed by atoms with Crippen LogP contribution in [-0.2, 0) is 4.79 Å². The molecule has 0 fully saturated rings. The van der Waals surface area contributed by atoms with Crippen molar-refractivity contribution in [3.8, 4) is 17.2 Å². The summed E-state index contributed by atoms with van der Waals surface area (Å²) in [7, 11) is 3.15. The van der Waals surface area contributed by atoms with Gasteiger partial charge in [-0.2, -0.15) is 0 Å². The zero-order valence-corrected chi connectivity index (χ0v) is 12.8. The van der Waals surface area contributed by atoms with Gasteiger partial charge >= 0.3 is 5.97 Å². The molecular formula is C18H18O4. The lowest BCUT2D eigenvalue weighted by molar-refractivity contribution is -0.128. The van der Waals surface area contributed by atoms with Crippen molar-refractivity contribution >= 4 is 12.0 Å². The van der Waals surface area contributed by atoms with Crippen LogP contribution < -0.4 is 14.2 Å². The van der Waals surface area contributed by atoms with Crippen LogP contribution in [0.15, 0.2) is 48.5 Å². The number of esters is 1. The molecule has 0 saturated carbocycles. The fourth-order valence-electron chi connectivity index (χ4n) is 1.87.